The summed E-state index contributed by atoms with van der Waals surface area (Å²) in [6.07, 6.45) is -0.517. The van der Waals surface area contributed by atoms with Crippen LogP contribution in [0.3, 0.4) is 0 Å². The summed E-state index contributed by atoms with van der Waals surface area (Å²) in [5.41, 5.74) is 5.18. The zero-order chi connectivity index (χ0) is 24.9. The lowest BCUT2D eigenvalue weighted by molar-refractivity contribution is 0.102. The van der Waals surface area contributed by atoms with Gasteiger partial charge in [0.15, 0.2) is 0 Å². The van der Waals surface area contributed by atoms with Gasteiger partial charge in [-0.15, -0.1) is 11.3 Å². The number of hydrogen-bond acceptors (Lipinski definition) is 4. The van der Waals surface area contributed by atoms with Crippen molar-refractivity contribution in [1.29, 1.82) is 0 Å². The largest absolute Gasteiger partial charge is 0.465 e. The Kier molecular flexibility index (Phi) is 7.48. The van der Waals surface area contributed by atoms with E-state index >= 15 is 0 Å². The van der Waals surface area contributed by atoms with Crippen molar-refractivity contribution in [3.63, 3.8) is 0 Å². The summed E-state index contributed by atoms with van der Waals surface area (Å²) >= 11 is 7.56. The van der Waals surface area contributed by atoms with Crippen LogP contribution < -0.4 is 10.2 Å². The van der Waals surface area contributed by atoms with Gasteiger partial charge in [0.25, 0.3) is 5.91 Å². The molecule has 0 saturated carbocycles. The maximum Gasteiger partial charge on any atom is 0.411 e. The van der Waals surface area contributed by atoms with Crippen LogP contribution in [0.5, 0.6) is 0 Å². The number of anilines is 2. The number of hydrogen-bond donors (Lipinski definition) is 2. The number of aryl methyl sites for hydroxylation is 2. The molecule has 3 aromatic carbocycles. The molecule has 0 radical (unpaired) electrons. The van der Waals surface area contributed by atoms with Gasteiger partial charge in [-0.1, -0.05) is 41.4 Å². The normalized spacial score (nSPS) is 10.7. The lowest BCUT2D eigenvalue weighted by Gasteiger charge is -2.19. The van der Waals surface area contributed by atoms with Crippen molar-refractivity contribution < 1.29 is 14.7 Å². The predicted molar refractivity (Wildman–Crippen MR) is 142 cm³/mol. The smallest absolute Gasteiger partial charge is 0.411 e. The van der Waals surface area contributed by atoms with E-state index in [-0.39, 0.29) is 12.5 Å². The van der Waals surface area contributed by atoms with E-state index in [2.05, 4.69) is 10.3 Å². The quantitative estimate of drug-likeness (QED) is 0.281. The third kappa shape index (κ3) is 6.07. The average Bonchev–Trinajstić information content (AvgIpc) is 3.25. The lowest BCUT2D eigenvalue weighted by Crippen LogP contribution is -2.31. The summed E-state index contributed by atoms with van der Waals surface area (Å²) in [7, 11) is 0. The Morgan fingerprint density at radius 2 is 1.74 bits per heavy atom. The summed E-state index contributed by atoms with van der Waals surface area (Å²) in [6.45, 7) is 4.15. The molecular formula is C27H24ClN3O3S. The standard InChI is InChI=1S/C27H24ClN3O3S/c1-17-3-12-24(19-4-6-20(28)7-5-19)25(15-17)26(32)30-21-8-10-23(11-9-21)31(27(33)34)14-13-22-16-35-18(2)29-22/h3-12,15-16H,13-14H2,1-2H3,(H,30,32)(H,33,34). The third-order valence-corrected chi connectivity index (χ3v) is 6.58. The summed E-state index contributed by atoms with van der Waals surface area (Å²) in [5.74, 6) is -0.250. The number of aromatic nitrogens is 1. The van der Waals surface area contributed by atoms with E-state index in [4.69, 9.17) is 11.6 Å². The second-order valence-electron chi connectivity index (χ2n) is 8.10. The van der Waals surface area contributed by atoms with Gasteiger partial charge in [0.2, 0.25) is 0 Å². The number of benzene rings is 3. The van der Waals surface area contributed by atoms with E-state index < -0.39 is 6.09 Å². The Morgan fingerprint density at radius 3 is 2.37 bits per heavy atom. The van der Waals surface area contributed by atoms with Gasteiger partial charge in [-0.05, 0) is 67.4 Å². The molecule has 0 aliphatic rings. The minimum Gasteiger partial charge on any atom is -0.465 e. The number of carboxylic acid groups (broad SMARTS) is 1. The summed E-state index contributed by atoms with van der Waals surface area (Å²) in [4.78, 5) is 30.7. The number of amides is 2. The molecule has 0 aliphatic heterocycles. The van der Waals surface area contributed by atoms with Crippen LogP contribution in [0.4, 0.5) is 16.2 Å². The molecule has 35 heavy (non-hydrogen) atoms. The molecular weight excluding hydrogens is 482 g/mol. The van der Waals surface area contributed by atoms with Crippen LogP contribution in [0.1, 0.15) is 26.6 Å². The molecule has 178 valence electrons. The Labute approximate surface area is 212 Å². The zero-order valence-electron chi connectivity index (χ0n) is 19.3. The fourth-order valence-corrected chi connectivity index (χ4v) is 4.51. The number of nitrogens with one attached hydrogen (secondary N) is 1. The minimum atomic E-state index is -1.04. The molecule has 0 aliphatic carbocycles. The molecule has 2 N–H and O–H groups in total. The topological polar surface area (TPSA) is 82.5 Å². The van der Waals surface area contributed by atoms with Gasteiger partial charge in [-0.2, -0.15) is 0 Å². The average molecular weight is 506 g/mol. The Balaban J connectivity index is 1.50. The van der Waals surface area contributed by atoms with Crippen LogP contribution in [-0.2, 0) is 6.42 Å². The maximum absolute atomic E-state index is 13.2. The SMILES string of the molecule is Cc1ccc(-c2ccc(Cl)cc2)c(C(=O)Nc2ccc(N(CCc3csc(C)n3)C(=O)O)cc2)c1. The third-order valence-electron chi connectivity index (χ3n) is 5.50. The molecule has 0 spiro atoms. The van der Waals surface area contributed by atoms with Crippen LogP contribution in [0, 0.1) is 13.8 Å². The van der Waals surface area contributed by atoms with Crippen molar-refractivity contribution in [3.05, 3.63) is 99.0 Å². The van der Waals surface area contributed by atoms with Gasteiger partial charge >= 0.3 is 6.09 Å². The molecule has 0 unspecified atom stereocenters. The number of carbonyl (C=O) groups excluding carboxylic acids is 1. The highest BCUT2D eigenvalue weighted by molar-refractivity contribution is 7.09. The number of halogens is 1. The van der Waals surface area contributed by atoms with Crippen LogP contribution in [0.25, 0.3) is 11.1 Å². The number of rotatable bonds is 7. The van der Waals surface area contributed by atoms with Crippen LogP contribution in [-0.4, -0.2) is 28.6 Å². The maximum atomic E-state index is 13.2. The molecule has 1 aromatic heterocycles. The Morgan fingerprint density at radius 1 is 1.03 bits per heavy atom. The van der Waals surface area contributed by atoms with Gasteiger partial charge in [-0.25, -0.2) is 9.78 Å². The van der Waals surface area contributed by atoms with E-state index in [1.54, 1.807) is 47.7 Å². The number of thiazole rings is 1. The first kappa shape index (κ1) is 24.4. The highest BCUT2D eigenvalue weighted by Crippen LogP contribution is 2.27. The molecule has 0 bridgehead atoms. The number of carbonyl (C=O) groups is 2. The molecule has 6 nitrogen and oxygen atoms in total. The number of nitrogens with zero attached hydrogens (tertiary/aromatic N) is 2. The first-order valence-corrected chi connectivity index (χ1v) is 12.3. The van der Waals surface area contributed by atoms with E-state index in [0.29, 0.717) is 28.4 Å². The van der Waals surface area contributed by atoms with Crippen molar-refractivity contribution in [2.24, 2.45) is 0 Å². The zero-order valence-corrected chi connectivity index (χ0v) is 20.9. The first-order chi connectivity index (χ1) is 16.8. The van der Waals surface area contributed by atoms with Crippen molar-refractivity contribution in [3.8, 4) is 11.1 Å². The summed E-state index contributed by atoms with van der Waals surface area (Å²) in [5, 5.41) is 16.1. The molecule has 4 aromatic rings. The fourth-order valence-electron chi connectivity index (χ4n) is 3.73. The second kappa shape index (κ2) is 10.7. The van der Waals surface area contributed by atoms with Gasteiger partial charge in [0, 0.05) is 40.3 Å². The van der Waals surface area contributed by atoms with E-state index in [0.717, 1.165) is 27.4 Å². The van der Waals surface area contributed by atoms with Crippen LogP contribution in [0.2, 0.25) is 5.02 Å². The fraction of sp³-hybridized carbons (Fsp3) is 0.148. The van der Waals surface area contributed by atoms with Crippen LogP contribution >= 0.6 is 22.9 Å². The summed E-state index contributed by atoms with van der Waals surface area (Å²) < 4.78 is 0. The second-order valence-corrected chi connectivity index (χ2v) is 9.60. The van der Waals surface area contributed by atoms with Gasteiger partial charge < -0.3 is 10.4 Å². The van der Waals surface area contributed by atoms with Crippen LogP contribution in [0.15, 0.2) is 72.1 Å². The van der Waals surface area contributed by atoms with Gasteiger partial charge in [0.1, 0.15) is 0 Å². The molecule has 0 fully saturated rings. The Bertz CT molecular complexity index is 1350. The molecule has 2 amide bonds. The van der Waals surface area contributed by atoms with E-state index in [1.165, 1.54) is 4.90 Å². The molecule has 0 saturated heterocycles. The van der Waals surface area contributed by atoms with E-state index in [1.807, 2.05) is 49.6 Å². The highest BCUT2D eigenvalue weighted by Gasteiger charge is 2.17. The minimum absolute atomic E-state index is 0.250. The van der Waals surface area contributed by atoms with Crippen molar-refractivity contribution >= 4 is 46.3 Å². The molecule has 4 rings (SSSR count). The highest BCUT2D eigenvalue weighted by atomic mass is 35.5. The van der Waals surface area contributed by atoms with Gasteiger partial charge in [0.05, 0.1) is 10.7 Å². The van der Waals surface area contributed by atoms with Crippen molar-refractivity contribution in [1.82, 2.24) is 4.98 Å². The van der Waals surface area contributed by atoms with Gasteiger partial charge in [-0.3, -0.25) is 9.69 Å². The lowest BCUT2D eigenvalue weighted by atomic mass is 9.97. The van der Waals surface area contributed by atoms with Crippen molar-refractivity contribution in [2.45, 2.75) is 20.3 Å². The van der Waals surface area contributed by atoms with Crippen molar-refractivity contribution in [2.75, 3.05) is 16.8 Å². The predicted octanol–water partition coefficient (Wildman–Crippen LogP) is 7.06. The van der Waals surface area contributed by atoms with E-state index in [9.17, 15) is 14.7 Å². The Hall–Kier alpha value is -3.68. The molecule has 8 heteroatoms. The monoisotopic (exact) mass is 505 g/mol. The first-order valence-electron chi connectivity index (χ1n) is 11.0. The summed E-state index contributed by atoms with van der Waals surface area (Å²) in [6, 6.07) is 19.9. The molecule has 1 heterocycles. The molecule has 0 atom stereocenters.